The zero-order valence-electron chi connectivity index (χ0n) is 63.4. The highest BCUT2D eigenvalue weighted by atomic mass is 15.1. The van der Waals surface area contributed by atoms with E-state index in [1.807, 2.05) is 268 Å². The lowest BCUT2D eigenvalue weighted by Crippen LogP contribution is -1.96. The van der Waals surface area contributed by atoms with Crippen molar-refractivity contribution in [2.24, 2.45) is 0 Å². The topological polar surface area (TPSA) is 126 Å². The molecule has 0 saturated heterocycles. The number of benzene rings is 15. The number of aromatic nitrogens is 11. The zero-order valence-corrected chi connectivity index (χ0v) is 63.4. The first-order valence-corrected chi connectivity index (χ1v) is 38.4. The lowest BCUT2D eigenvalue weighted by atomic mass is 9.97. The second-order valence-electron chi connectivity index (χ2n) is 26.8. The van der Waals surface area contributed by atoms with E-state index in [-0.39, 0.29) is 0 Å². The van der Waals surface area contributed by atoms with E-state index in [1.165, 1.54) is 37.7 Å². The molecule has 0 radical (unpaired) electrons. The molecule has 11 nitrogen and oxygen atoms in total. The van der Waals surface area contributed by atoms with Crippen LogP contribution in [0.15, 0.2) is 468 Å². The number of pyridine rings is 3. The monoisotopic (exact) mass is 1490 g/mol. The molecule has 0 aliphatic carbocycles. The Hall–Kier alpha value is -15.9. The maximum Gasteiger partial charge on any atom is 0.160 e. The molecule has 0 aliphatic rings. The summed E-state index contributed by atoms with van der Waals surface area (Å²) < 4.78 is 4.31. The molecule has 0 amide bonds. The molecule has 11 heteroatoms. The average Bonchev–Trinajstić information content (AvgIpc) is 1.05. The molecule has 0 N–H and O–H groups in total. The molecular weight excluding hydrogens is 1420 g/mol. The summed E-state index contributed by atoms with van der Waals surface area (Å²) >= 11 is 0. The van der Waals surface area contributed by atoms with E-state index in [0.29, 0.717) is 0 Å². The van der Waals surface area contributed by atoms with Crippen LogP contribution in [0.2, 0.25) is 0 Å². The smallest absolute Gasteiger partial charge is 0.160 e. The average molecular weight is 1490 g/mol. The van der Waals surface area contributed by atoms with Gasteiger partial charge >= 0.3 is 0 Å². The Morgan fingerprint density at radius 2 is 0.552 bits per heavy atom. The summed E-state index contributed by atoms with van der Waals surface area (Å²) in [6.45, 7) is 0. The number of imidazole rings is 2. The predicted molar refractivity (Wildman–Crippen MR) is 479 cm³/mol. The molecule has 552 valence electrons. The van der Waals surface area contributed by atoms with Gasteiger partial charge in [0.05, 0.1) is 55.7 Å². The van der Waals surface area contributed by atoms with Crippen molar-refractivity contribution in [2.45, 2.75) is 0 Å². The molecule has 0 aliphatic heterocycles. The normalized spacial score (nSPS) is 10.6. The fourth-order valence-corrected chi connectivity index (χ4v) is 13.7. The molecule has 15 aromatic carbocycles. The second kappa shape index (κ2) is 37.2. The lowest BCUT2D eigenvalue weighted by Gasteiger charge is -2.09. The molecule has 0 atom stereocenters. The number of fused-ring (bicyclic) bond motifs is 10. The third-order valence-corrected chi connectivity index (χ3v) is 19.3. The van der Waals surface area contributed by atoms with Crippen LogP contribution in [0.1, 0.15) is 0 Å². The van der Waals surface area contributed by atoms with Crippen LogP contribution < -0.4 is 0 Å². The minimum absolute atomic E-state index is 0.746. The molecule has 0 fully saturated rings. The van der Waals surface area contributed by atoms with E-state index in [1.54, 1.807) is 6.20 Å². The molecule has 7 aromatic heterocycles. The van der Waals surface area contributed by atoms with Gasteiger partial charge in [0.15, 0.2) is 11.6 Å². The van der Waals surface area contributed by atoms with Crippen LogP contribution in [0.25, 0.3) is 156 Å². The van der Waals surface area contributed by atoms with Gasteiger partial charge < -0.3 is 0 Å². The summed E-state index contributed by atoms with van der Waals surface area (Å²) in [5.74, 6) is 2.48. The van der Waals surface area contributed by atoms with Crippen molar-refractivity contribution in [2.75, 3.05) is 0 Å². The van der Waals surface area contributed by atoms with Gasteiger partial charge in [0.1, 0.15) is 12.2 Å². The van der Waals surface area contributed by atoms with Crippen molar-refractivity contribution in [3.8, 4) is 79.3 Å². The number of para-hydroxylation sites is 8. The van der Waals surface area contributed by atoms with Crippen LogP contribution in [0.3, 0.4) is 0 Å². The van der Waals surface area contributed by atoms with Gasteiger partial charge in [0.25, 0.3) is 0 Å². The van der Waals surface area contributed by atoms with E-state index in [0.717, 1.165) is 118 Å². The maximum atomic E-state index is 4.82. The SMILES string of the molecule is c1ccc(-c2cc(-c3ccccc3)nc(-c3ccccc3)n2)cc1.c1ccc(-c2ccnc(-c3ccccc3)n2)cc1.c1ccc(-c2nc3ccccc3n2-c2ccccc2)cc1.c1ccc(-n2cnc3ccccc32)cc1.c1ccc2c(c1)c1ccccc1c1ncccc21.c1ccc2ncccc2c1.c1ccc2ncccc2c1. The summed E-state index contributed by atoms with van der Waals surface area (Å²) in [4.78, 5) is 40.6. The molecule has 7 heterocycles. The highest BCUT2D eigenvalue weighted by Crippen LogP contribution is 2.35. The summed E-state index contributed by atoms with van der Waals surface area (Å²) in [6, 6.07) is 147. The predicted octanol–water partition coefficient (Wildman–Crippen LogP) is 26.0. The molecular formula is C105H77N11. The zero-order chi connectivity index (χ0) is 78.1. The van der Waals surface area contributed by atoms with Gasteiger partial charge in [0.2, 0.25) is 0 Å². The molecule has 0 bridgehead atoms. The van der Waals surface area contributed by atoms with Crippen LogP contribution >= 0.6 is 0 Å². The minimum Gasteiger partial charge on any atom is -0.299 e. The molecule has 0 unspecified atom stereocenters. The van der Waals surface area contributed by atoms with Gasteiger partial charge in [-0.25, -0.2) is 29.9 Å². The summed E-state index contributed by atoms with van der Waals surface area (Å²) in [5.41, 5.74) is 19.1. The van der Waals surface area contributed by atoms with Gasteiger partial charge in [-0.2, -0.15) is 0 Å². The Kier molecular flexibility index (Phi) is 23.8. The third kappa shape index (κ3) is 18.1. The van der Waals surface area contributed by atoms with Crippen LogP contribution in [-0.4, -0.2) is 54.0 Å². The van der Waals surface area contributed by atoms with E-state index >= 15 is 0 Å². The van der Waals surface area contributed by atoms with Gasteiger partial charge in [0, 0.05) is 91.1 Å². The summed E-state index contributed by atoms with van der Waals surface area (Å²) in [5, 5.41) is 8.71. The van der Waals surface area contributed by atoms with Crippen molar-refractivity contribution < 1.29 is 0 Å². The number of rotatable bonds is 8. The summed E-state index contributed by atoms with van der Waals surface area (Å²) in [7, 11) is 0. The maximum absolute atomic E-state index is 4.82. The minimum atomic E-state index is 0.746. The fourth-order valence-electron chi connectivity index (χ4n) is 13.7. The van der Waals surface area contributed by atoms with E-state index in [2.05, 4.69) is 233 Å². The Morgan fingerprint density at radius 1 is 0.198 bits per heavy atom. The first-order chi connectivity index (χ1) is 57.6. The Labute approximate surface area is 673 Å². The fraction of sp³-hybridized carbons (Fsp3) is 0. The van der Waals surface area contributed by atoms with Gasteiger partial charge in [-0.15, -0.1) is 0 Å². The third-order valence-electron chi connectivity index (χ3n) is 19.3. The first-order valence-electron chi connectivity index (χ1n) is 38.4. The quantitative estimate of drug-likeness (QED) is 0.137. The van der Waals surface area contributed by atoms with E-state index in [4.69, 9.17) is 15.0 Å². The first kappa shape index (κ1) is 74.3. The lowest BCUT2D eigenvalue weighted by molar-refractivity contribution is 1.09. The van der Waals surface area contributed by atoms with Crippen LogP contribution in [0, 0.1) is 0 Å². The Morgan fingerprint density at radius 3 is 1.07 bits per heavy atom. The Balaban J connectivity index is 0.000000103. The molecule has 22 aromatic rings. The highest BCUT2D eigenvalue weighted by molar-refractivity contribution is 6.24. The Bertz CT molecular complexity index is 6260. The molecule has 0 saturated carbocycles. The standard InChI is InChI=1S/C22H16N2.C19H14N2.C17H11N.C16H12N2.C13H10N2.2C9H7N/c1-4-10-17(11-5-1)20-16-21(18-12-6-2-7-13-18)24-22(23-20)19-14-8-3-9-15-19;1-3-9-15(10-4-1)19-20-17-13-7-8-14-18(17)21(19)16-11-5-2-6-12-16;1-2-7-14-12(6-1)13-8-3-4-9-15(13)17-16(14)10-5-11-18-17;1-3-7-13(8-4-1)15-11-12-17-16(18-15)14-9-5-2-6-10-14;1-2-6-11(7-3-1)15-10-14-12-8-4-5-9-13(12)15;2*1-2-6-9-8(4-1)5-3-7-10-9/h1-16H;1-14H;1-11H;1-12H;1-10H;2*1-7H. The van der Waals surface area contributed by atoms with Crippen molar-refractivity contribution in [1.29, 1.82) is 0 Å². The van der Waals surface area contributed by atoms with Crippen molar-refractivity contribution >= 4 is 76.3 Å². The number of hydrogen-bond donors (Lipinski definition) is 0. The number of nitrogens with zero attached hydrogens (tertiary/aromatic N) is 11. The molecule has 0 spiro atoms. The van der Waals surface area contributed by atoms with E-state index < -0.39 is 0 Å². The van der Waals surface area contributed by atoms with Gasteiger partial charge in [-0.1, -0.05) is 346 Å². The number of hydrogen-bond acceptors (Lipinski definition) is 9. The highest BCUT2D eigenvalue weighted by Gasteiger charge is 2.15. The van der Waals surface area contributed by atoms with E-state index in [9.17, 15) is 0 Å². The second-order valence-corrected chi connectivity index (χ2v) is 26.8. The largest absolute Gasteiger partial charge is 0.299 e. The van der Waals surface area contributed by atoms with Crippen molar-refractivity contribution in [3.63, 3.8) is 0 Å². The van der Waals surface area contributed by atoms with Crippen LogP contribution in [-0.2, 0) is 0 Å². The molecule has 116 heavy (non-hydrogen) atoms. The summed E-state index contributed by atoms with van der Waals surface area (Å²) in [6.07, 6.45) is 9.14. The van der Waals surface area contributed by atoms with Crippen molar-refractivity contribution in [3.05, 3.63) is 468 Å². The van der Waals surface area contributed by atoms with Crippen LogP contribution in [0.5, 0.6) is 0 Å². The van der Waals surface area contributed by atoms with Crippen molar-refractivity contribution in [1.82, 2.24) is 54.0 Å². The van der Waals surface area contributed by atoms with Crippen LogP contribution in [0.4, 0.5) is 0 Å². The van der Waals surface area contributed by atoms with Gasteiger partial charge in [-0.05, 0) is 107 Å². The molecule has 22 rings (SSSR count). The van der Waals surface area contributed by atoms with Gasteiger partial charge in [-0.3, -0.25) is 24.1 Å².